The summed E-state index contributed by atoms with van der Waals surface area (Å²) in [5, 5.41) is 4.22. The van der Waals surface area contributed by atoms with Crippen LogP contribution >= 0.6 is 23.4 Å². The van der Waals surface area contributed by atoms with Gasteiger partial charge in [0.05, 0.1) is 29.3 Å². The van der Waals surface area contributed by atoms with Gasteiger partial charge in [-0.2, -0.15) is 0 Å². The topological polar surface area (TPSA) is 78.8 Å². The normalized spacial score (nSPS) is 22.0. The van der Waals surface area contributed by atoms with Crippen molar-refractivity contribution in [3.8, 4) is 0 Å². The van der Waals surface area contributed by atoms with E-state index in [2.05, 4.69) is 10.3 Å². The predicted octanol–water partition coefficient (Wildman–Crippen LogP) is 3.67. The number of amides is 1. The summed E-state index contributed by atoms with van der Waals surface area (Å²) in [6.07, 6.45) is 0. The van der Waals surface area contributed by atoms with Crippen LogP contribution in [0.2, 0.25) is 5.02 Å². The number of sulfone groups is 1. The molecule has 1 N–H and O–H groups in total. The zero-order chi connectivity index (χ0) is 21.5. The van der Waals surface area contributed by atoms with Gasteiger partial charge in [0, 0.05) is 16.4 Å². The van der Waals surface area contributed by atoms with Gasteiger partial charge in [-0.05, 0) is 55.3 Å². The Morgan fingerprint density at radius 1 is 1.20 bits per heavy atom. The second-order valence-electron chi connectivity index (χ2n) is 7.55. The number of nitrogens with one attached hydrogen (secondary N) is 1. The van der Waals surface area contributed by atoms with Crippen molar-refractivity contribution in [3.63, 3.8) is 0 Å². The Kier molecular flexibility index (Phi) is 5.83. The van der Waals surface area contributed by atoms with Crippen molar-refractivity contribution >= 4 is 55.6 Å². The fraction of sp³-hybridized carbons (Fsp3) is 0.333. The molecule has 2 aliphatic heterocycles. The predicted molar refractivity (Wildman–Crippen MR) is 125 cm³/mol. The third-order valence-electron chi connectivity index (χ3n) is 5.42. The van der Waals surface area contributed by atoms with Crippen LogP contribution in [0.25, 0.3) is 0 Å². The lowest BCUT2D eigenvalue weighted by Crippen LogP contribution is -2.39. The van der Waals surface area contributed by atoms with Crippen LogP contribution < -0.4 is 10.2 Å². The summed E-state index contributed by atoms with van der Waals surface area (Å²) in [5.74, 6) is 0.156. The molecule has 0 bridgehead atoms. The molecule has 2 aliphatic rings. The summed E-state index contributed by atoms with van der Waals surface area (Å²) in [7, 11) is -3.12. The highest BCUT2D eigenvalue weighted by atomic mass is 35.5. The van der Waals surface area contributed by atoms with E-state index < -0.39 is 9.84 Å². The van der Waals surface area contributed by atoms with Gasteiger partial charge in [0.1, 0.15) is 0 Å². The fourth-order valence-corrected chi connectivity index (χ4v) is 6.63. The second kappa shape index (κ2) is 8.24. The molecule has 30 heavy (non-hydrogen) atoms. The van der Waals surface area contributed by atoms with E-state index in [4.69, 9.17) is 11.6 Å². The molecule has 1 fully saturated rings. The Hall–Kier alpha value is -2.03. The average Bonchev–Trinajstić information content (AvgIpc) is 3.16. The van der Waals surface area contributed by atoms with Gasteiger partial charge >= 0.3 is 0 Å². The Morgan fingerprint density at radius 2 is 1.93 bits per heavy atom. The Labute approximate surface area is 185 Å². The molecule has 2 atom stereocenters. The largest absolute Gasteiger partial charge is 0.325 e. The van der Waals surface area contributed by atoms with E-state index >= 15 is 0 Å². The molecule has 4 rings (SSSR count). The van der Waals surface area contributed by atoms with Crippen molar-refractivity contribution in [1.29, 1.82) is 0 Å². The highest BCUT2D eigenvalue weighted by Crippen LogP contribution is 2.35. The third-order valence-corrected chi connectivity index (χ3v) is 8.34. The number of thioether (sulfide) groups is 1. The van der Waals surface area contributed by atoms with E-state index in [1.807, 2.05) is 49.1 Å². The maximum Gasteiger partial charge on any atom is 0.234 e. The van der Waals surface area contributed by atoms with E-state index in [1.54, 1.807) is 12.1 Å². The van der Waals surface area contributed by atoms with Crippen molar-refractivity contribution in [2.75, 3.05) is 27.5 Å². The first-order valence-corrected chi connectivity index (χ1v) is 12.7. The van der Waals surface area contributed by atoms with Crippen LogP contribution in [0.3, 0.4) is 0 Å². The molecule has 6 nitrogen and oxygen atoms in total. The van der Waals surface area contributed by atoms with Crippen LogP contribution in [0.1, 0.15) is 11.1 Å². The van der Waals surface area contributed by atoms with Crippen LogP contribution in [-0.2, 0) is 14.6 Å². The van der Waals surface area contributed by atoms with Crippen molar-refractivity contribution in [2.45, 2.75) is 25.9 Å². The molecule has 0 spiro atoms. The van der Waals surface area contributed by atoms with E-state index in [-0.39, 0.29) is 35.2 Å². The van der Waals surface area contributed by atoms with E-state index in [0.717, 1.165) is 22.5 Å². The number of amidine groups is 1. The third kappa shape index (κ3) is 4.36. The van der Waals surface area contributed by atoms with Gasteiger partial charge in [0.25, 0.3) is 0 Å². The first-order valence-electron chi connectivity index (χ1n) is 9.55. The fourth-order valence-electron chi connectivity index (χ4n) is 3.74. The highest BCUT2D eigenvalue weighted by molar-refractivity contribution is 8.14. The molecule has 2 aromatic carbocycles. The zero-order valence-electron chi connectivity index (χ0n) is 16.6. The summed E-state index contributed by atoms with van der Waals surface area (Å²) in [4.78, 5) is 19.1. The lowest BCUT2D eigenvalue weighted by Gasteiger charge is -2.26. The SMILES string of the molecule is Cc1cccc(NC(=O)CSC2=N[C@H]3CS(=O)(=O)C[C@@H]3N2c2ccc(Cl)cc2)c1C. The highest BCUT2D eigenvalue weighted by Gasteiger charge is 2.47. The van der Waals surface area contributed by atoms with Crippen LogP contribution in [0.15, 0.2) is 47.5 Å². The van der Waals surface area contributed by atoms with Crippen LogP contribution in [0.4, 0.5) is 11.4 Å². The number of halogens is 1. The van der Waals surface area contributed by atoms with Crippen molar-refractivity contribution < 1.29 is 13.2 Å². The summed E-state index contributed by atoms with van der Waals surface area (Å²) < 4.78 is 24.2. The number of anilines is 2. The molecule has 0 unspecified atom stereocenters. The van der Waals surface area contributed by atoms with Crippen molar-refractivity contribution in [3.05, 3.63) is 58.6 Å². The van der Waals surface area contributed by atoms with Gasteiger partial charge in [-0.25, -0.2) is 8.42 Å². The van der Waals surface area contributed by atoms with Crippen molar-refractivity contribution in [2.24, 2.45) is 4.99 Å². The number of aryl methyl sites for hydroxylation is 1. The standard InChI is InChI=1S/C21H22ClN3O3S2/c1-13-4-3-5-17(14(13)2)23-20(26)10-29-21-24-18-11-30(27,28)12-19(18)25(21)16-8-6-15(22)7-9-16/h3-9,18-19H,10-12H2,1-2H3,(H,23,26)/t18-,19-/m0/s1. The smallest absolute Gasteiger partial charge is 0.234 e. The van der Waals surface area contributed by atoms with Crippen LogP contribution in [0, 0.1) is 13.8 Å². The lowest BCUT2D eigenvalue weighted by molar-refractivity contribution is -0.113. The molecule has 2 aromatic rings. The number of nitrogens with zero attached hydrogens (tertiary/aromatic N) is 2. The second-order valence-corrected chi connectivity index (χ2v) is 11.1. The Balaban J connectivity index is 1.51. The van der Waals surface area contributed by atoms with E-state index in [1.165, 1.54) is 11.8 Å². The van der Waals surface area contributed by atoms with Gasteiger partial charge in [-0.3, -0.25) is 9.79 Å². The maximum atomic E-state index is 12.6. The van der Waals surface area contributed by atoms with Crippen molar-refractivity contribution in [1.82, 2.24) is 0 Å². The molecular weight excluding hydrogens is 442 g/mol. The van der Waals surface area contributed by atoms with Crippen LogP contribution in [-0.4, -0.2) is 48.8 Å². The van der Waals surface area contributed by atoms with Gasteiger partial charge < -0.3 is 10.2 Å². The molecule has 0 radical (unpaired) electrons. The quantitative estimate of drug-likeness (QED) is 0.748. The molecule has 9 heteroatoms. The number of carbonyl (C=O) groups excluding carboxylic acids is 1. The summed E-state index contributed by atoms with van der Waals surface area (Å²) in [5.41, 5.74) is 3.77. The van der Waals surface area contributed by atoms with Gasteiger partial charge in [-0.15, -0.1) is 0 Å². The average molecular weight is 464 g/mol. The Bertz CT molecular complexity index is 1120. The van der Waals surface area contributed by atoms with Gasteiger partial charge in [0.2, 0.25) is 5.91 Å². The number of rotatable bonds is 4. The lowest BCUT2D eigenvalue weighted by atomic mass is 10.1. The molecule has 0 aromatic heterocycles. The molecule has 1 amide bonds. The Morgan fingerprint density at radius 3 is 2.67 bits per heavy atom. The summed E-state index contributed by atoms with van der Waals surface area (Å²) in [6, 6.07) is 12.5. The number of aliphatic imine (C=N–C) groups is 1. The molecule has 1 saturated heterocycles. The monoisotopic (exact) mass is 463 g/mol. The molecule has 0 aliphatic carbocycles. The first kappa shape index (κ1) is 21.2. The zero-order valence-corrected chi connectivity index (χ0v) is 19.0. The summed E-state index contributed by atoms with van der Waals surface area (Å²) >= 11 is 7.33. The van der Waals surface area contributed by atoms with E-state index in [9.17, 15) is 13.2 Å². The molecule has 0 saturated carbocycles. The molecule has 2 heterocycles. The maximum absolute atomic E-state index is 12.6. The number of fused-ring (bicyclic) bond motifs is 1. The van der Waals surface area contributed by atoms with Gasteiger partial charge in [0.15, 0.2) is 15.0 Å². The number of hydrogen-bond donors (Lipinski definition) is 1. The van der Waals surface area contributed by atoms with Crippen LogP contribution in [0.5, 0.6) is 0 Å². The number of benzene rings is 2. The number of hydrogen-bond acceptors (Lipinski definition) is 6. The molecule has 158 valence electrons. The van der Waals surface area contributed by atoms with E-state index in [0.29, 0.717) is 10.2 Å². The number of carbonyl (C=O) groups is 1. The minimum Gasteiger partial charge on any atom is -0.325 e. The van der Waals surface area contributed by atoms with Gasteiger partial charge in [-0.1, -0.05) is 35.5 Å². The molecular formula is C21H22ClN3O3S2. The first-order chi connectivity index (χ1) is 14.2. The summed E-state index contributed by atoms with van der Waals surface area (Å²) in [6.45, 7) is 3.98. The minimum atomic E-state index is -3.12. The minimum absolute atomic E-state index is 0.0422.